The van der Waals surface area contributed by atoms with Gasteiger partial charge in [-0.15, -0.1) is 0 Å². The Balaban J connectivity index is 1.61. The standard InChI is InChI=1S/C20H27N3O5/c1-2-28-20(27)23-13-11-22(12-14-23)19(26)15-21-18(25)10-6-9-17(24)16-7-4-3-5-8-16/h3-5,7-8H,2,6,9-15H2,1H3,(H,21,25). The Hall–Kier alpha value is -2.90. The van der Waals surface area contributed by atoms with Crippen molar-refractivity contribution in [1.82, 2.24) is 15.1 Å². The molecule has 28 heavy (non-hydrogen) atoms. The number of nitrogens with zero attached hydrogens (tertiary/aromatic N) is 2. The highest BCUT2D eigenvalue weighted by Crippen LogP contribution is 2.07. The van der Waals surface area contributed by atoms with E-state index in [4.69, 9.17) is 4.74 Å². The van der Waals surface area contributed by atoms with Crippen LogP contribution in [0.2, 0.25) is 0 Å². The monoisotopic (exact) mass is 389 g/mol. The molecule has 1 aromatic carbocycles. The summed E-state index contributed by atoms with van der Waals surface area (Å²) < 4.78 is 4.94. The topological polar surface area (TPSA) is 96.0 Å². The predicted octanol–water partition coefficient (Wildman–Crippen LogP) is 1.46. The van der Waals surface area contributed by atoms with Gasteiger partial charge in [0.1, 0.15) is 0 Å². The number of ether oxygens (including phenoxy) is 1. The summed E-state index contributed by atoms with van der Waals surface area (Å²) in [6, 6.07) is 8.96. The van der Waals surface area contributed by atoms with E-state index in [1.54, 1.807) is 41.0 Å². The molecule has 1 N–H and O–H groups in total. The number of Topliss-reactive ketones (excluding diaryl/α,β-unsaturated/α-hetero) is 1. The second-order valence-electron chi connectivity index (χ2n) is 6.49. The zero-order valence-corrected chi connectivity index (χ0v) is 16.2. The highest BCUT2D eigenvalue weighted by molar-refractivity contribution is 5.96. The zero-order chi connectivity index (χ0) is 20.4. The number of ketones is 1. The van der Waals surface area contributed by atoms with Gasteiger partial charge in [-0.1, -0.05) is 30.3 Å². The van der Waals surface area contributed by atoms with Gasteiger partial charge in [-0.3, -0.25) is 14.4 Å². The van der Waals surface area contributed by atoms with Crippen molar-refractivity contribution < 1.29 is 23.9 Å². The van der Waals surface area contributed by atoms with E-state index in [0.717, 1.165) is 0 Å². The van der Waals surface area contributed by atoms with Crippen LogP contribution >= 0.6 is 0 Å². The van der Waals surface area contributed by atoms with Crippen molar-refractivity contribution in [3.05, 3.63) is 35.9 Å². The van der Waals surface area contributed by atoms with Crippen molar-refractivity contribution in [2.24, 2.45) is 0 Å². The van der Waals surface area contributed by atoms with Crippen LogP contribution in [0, 0.1) is 0 Å². The van der Waals surface area contributed by atoms with Crippen LogP contribution in [0.3, 0.4) is 0 Å². The maximum absolute atomic E-state index is 12.2. The molecular formula is C20H27N3O5. The molecule has 3 amide bonds. The highest BCUT2D eigenvalue weighted by atomic mass is 16.6. The molecular weight excluding hydrogens is 362 g/mol. The Bertz CT molecular complexity index is 684. The van der Waals surface area contributed by atoms with Crippen LogP contribution in [0.1, 0.15) is 36.5 Å². The molecule has 152 valence electrons. The third kappa shape index (κ3) is 6.68. The summed E-state index contributed by atoms with van der Waals surface area (Å²) in [7, 11) is 0. The smallest absolute Gasteiger partial charge is 0.409 e. The second-order valence-corrected chi connectivity index (χ2v) is 6.49. The Morgan fingerprint density at radius 3 is 2.25 bits per heavy atom. The molecule has 1 saturated heterocycles. The lowest BCUT2D eigenvalue weighted by Gasteiger charge is -2.34. The first-order chi connectivity index (χ1) is 13.5. The largest absolute Gasteiger partial charge is 0.450 e. The van der Waals surface area contributed by atoms with E-state index in [9.17, 15) is 19.2 Å². The number of piperazine rings is 1. The molecule has 0 saturated carbocycles. The van der Waals surface area contributed by atoms with Crippen molar-refractivity contribution in [2.75, 3.05) is 39.3 Å². The summed E-state index contributed by atoms with van der Waals surface area (Å²) in [5.74, 6) is -0.430. The van der Waals surface area contributed by atoms with Crippen molar-refractivity contribution in [3.8, 4) is 0 Å². The van der Waals surface area contributed by atoms with E-state index < -0.39 is 0 Å². The van der Waals surface area contributed by atoms with Crippen LogP contribution in [0.5, 0.6) is 0 Å². The summed E-state index contributed by atoms with van der Waals surface area (Å²) in [6.07, 6.45) is 0.559. The van der Waals surface area contributed by atoms with E-state index in [1.807, 2.05) is 6.07 Å². The predicted molar refractivity (Wildman–Crippen MR) is 103 cm³/mol. The van der Waals surface area contributed by atoms with Gasteiger partial charge in [-0.2, -0.15) is 0 Å². The van der Waals surface area contributed by atoms with E-state index in [-0.39, 0.29) is 36.7 Å². The van der Waals surface area contributed by atoms with Gasteiger partial charge in [-0.05, 0) is 13.3 Å². The summed E-state index contributed by atoms with van der Waals surface area (Å²) in [5, 5.41) is 2.60. The number of amides is 3. The van der Waals surface area contributed by atoms with Crippen LogP contribution in [0.15, 0.2) is 30.3 Å². The molecule has 8 nitrogen and oxygen atoms in total. The maximum Gasteiger partial charge on any atom is 0.409 e. The summed E-state index contributed by atoms with van der Waals surface area (Å²) in [5.41, 5.74) is 0.639. The third-order valence-electron chi connectivity index (χ3n) is 4.50. The van der Waals surface area contributed by atoms with Crippen LogP contribution in [-0.2, 0) is 14.3 Å². The minimum atomic E-state index is -0.368. The average molecular weight is 389 g/mol. The molecule has 1 heterocycles. The zero-order valence-electron chi connectivity index (χ0n) is 16.2. The Morgan fingerprint density at radius 2 is 1.61 bits per heavy atom. The number of benzene rings is 1. The second kappa shape index (κ2) is 11.1. The first-order valence-corrected chi connectivity index (χ1v) is 9.55. The van der Waals surface area contributed by atoms with E-state index >= 15 is 0 Å². The number of carbonyl (C=O) groups is 4. The van der Waals surface area contributed by atoms with Gasteiger partial charge < -0.3 is 19.9 Å². The van der Waals surface area contributed by atoms with Crippen LogP contribution < -0.4 is 5.32 Å². The van der Waals surface area contributed by atoms with E-state index in [1.165, 1.54) is 0 Å². The third-order valence-corrected chi connectivity index (χ3v) is 4.50. The molecule has 1 aliphatic rings. The first-order valence-electron chi connectivity index (χ1n) is 9.55. The minimum absolute atomic E-state index is 0.00365. The molecule has 0 aliphatic carbocycles. The lowest BCUT2D eigenvalue weighted by atomic mass is 10.1. The van der Waals surface area contributed by atoms with Gasteiger partial charge in [0.05, 0.1) is 13.2 Å². The fourth-order valence-corrected chi connectivity index (χ4v) is 2.91. The van der Waals surface area contributed by atoms with Crippen LogP contribution in [0.4, 0.5) is 4.79 Å². The summed E-state index contributed by atoms with van der Waals surface area (Å²) >= 11 is 0. The van der Waals surface area contributed by atoms with Gasteiger partial charge >= 0.3 is 6.09 Å². The Morgan fingerprint density at radius 1 is 0.964 bits per heavy atom. The summed E-state index contributed by atoms with van der Waals surface area (Å²) in [6.45, 7) is 3.65. The van der Waals surface area contributed by atoms with E-state index in [2.05, 4.69) is 5.32 Å². The Labute approximate surface area is 164 Å². The van der Waals surface area contributed by atoms with Gasteiger partial charge in [0, 0.05) is 44.6 Å². The number of hydrogen-bond acceptors (Lipinski definition) is 5. The molecule has 0 atom stereocenters. The molecule has 1 aliphatic heterocycles. The Kier molecular flexibility index (Phi) is 8.45. The van der Waals surface area contributed by atoms with Crippen LogP contribution in [0.25, 0.3) is 0 Å². The summed E-state index contributed by atoms with van der Waals surface area (Å²) in [4.78, 5) is 50.9. The number of hydrogen-bond donors (Lipinski definition) is 1. The van der Waals surface area contributed by atoms with Crippen molar-refractivity contribution in [1.29, 1.82) is 0 Å². The fraction of sp³-hybridized carbons (Fsp3) is 0.500. The molecule has 1 fully saturated rings. The average Bonchev–Trinajstić information content (AvgIpc) is 2.73. The maximum atomic E-state index is 12.2. The normalized spacial score (nSPS) is 13.8. The lowest BCUT2D eigenvalue weighted by Crippen LogP contribution is -2.52. The molecule has 0 radical (unpaired) electrons. The molecule has 0 aromatic heterocycles. The van der Waals surface area contributed by atoms with Gasteiger partial charge in [-0.25, -0.2) is 4.79 Å². The minimum Gasteiger partial charge on any atom is -0.450 e. The lowest BCUT2D eigenvalue weighted by molar-refractivity contribution is -0.134. The number of rotatable bonds is 8. The number of carbonyl (C=O) groups excluding carboxylic acids is 4. The van der Waals surface area contributed by atoms with E-state index in [0.29, 0.717) is 51.2 Å². The quantitative estimate of drug-likeness (QED) is 0.679. The number of nitrogens with one attached hydrogen (secondary N) is 1. The SMILES string of the molecule is CCOC(=O)N1CCN(C(=O)CNC(=O)CCCC(=O)c2ccccc2)CC1. The molecule has 0 bridgehead atoms. The fourth-order valence-electron chi connectivity index (χ4n) is 2.91. The molecule has 2 rings (SSSR count). The van der Waals surface area contributed by atoms with Gasteiger partial charge in [0.15, 0.2) is 5.78 Å². The first kappa shape index (κ1) is 21.4. The van der Waals surface area contributed by atoms with Crippen molar-refractivity contribution >= 4 is 23.7 Å². The van der Waals surface area contributed by atoms with Gasteiger partial charge in [0.2, 0.25) is 11.8 Å². The van der Waals surface area contributed by atoms with Crippen molar-refractivity contribution in [3.63, 3.8) is 0 Å². The van der Waals surface area contributed by atoms with Crippen molar-refractivity contribution in [2.45, 2.75) is 26.2 Å². The van der Waals surface area contributed by atoms with Crippen LogP contribution in [-0.4, -0.2) is 72.8 Å². The molecule has 1 aromatic rings. The molecule has 0 spiro atoms. The molecule has 0 unspecified atom stereocenters. The van der Waals surface area contributed by atoms with Gasteiger partial charge in [0.25, 0.3) is 0 Å². The highest BCUT2D eigenvalue weighted by Gasteiger charge is 2.24. The molecule has 8 heteroatoms.